The number of hydrogen-bond acceptors (Lipinski definition) is 8. The first-order chi connectivity index (χ1) is 22.8. The standard InChI is InChI=1S/C35H29ClN4O5S2/c1-44-30-10-6-9-24(32(30)45-2)19-28(38-33(42)23-7-4-3-5-8-23)34(43)37-26-15-17-27(18-16-26)46-21-31(41)40-35-39-29(20-47-35)22-11-13-25(36)14-12-22/h3-20H,21H2,1-2H3,(H,37,43)(H,38,42)(H,39,40,41)/b28-19-. The van der Waals surface area contributed by atoms with E-state index in [1.54, 1.807) is 84.9 Å². The van der Waals surface area contributed by atoms with E-state index in [-0.39, 0.29) is 17.4 Å². The van der Waals surface area contributed by atoms with Crippen molar-refractivity contribution in [1.82, 2.24) is 10.3 Å². The van der Waals surface area contributed by atoms with Crippen molar-refractivity contribution in [2.75, 3.05) is 30.6 Å². The summed E-state index contributed by atoms with van der Waals surface area (Å²) in [6.07, 6.45) is 1.53. The number of halogens is 1. The number of rotatable bonds is 12. The molecule has 0 bridgehead atoms. The maximum Gasteiger partial charge on any atom is 0.272 e. The Bertz CT molecular complexity index is 1900. The van der Waals surface area contributed by atoms with Crippen LogP contribution in [0.1, 0.15) is 15.9 Å². The SMILES string of the molecule is COc1cccc(/C=C(\NC(=O)c2ccccc2)C(=O)Nc2ccc(SCC(=O)Nc3nc(-c4ccc(Cl)cc4)cs3)cc2)c1OC. The van der Waals surface area contributed by atoms with E-state index in [9.17, 15) is 14.4 Å². The number of benzene rings is 4. The third-order valence-electron chi connectivity index (χ3n) is 6.63. The van der Waals surface area contributed by atoms with Gasteiger partial charge in [0.15, 0.2) is 16.6 Å². The predicted molar refractivity (Wildman–Crippen MR) is 188 cm³/mol. The monoisotopic (exact) mass is 684 g/mol. The number of amides is 3. The Balaban J connectivity index is 1.23. The van der Waals surface area contributed by atoms with E-state index in [0.29, 0.717) is 38.5 Å². The quantitative estimate of drug-likeness (QED) is 0.0914. The Hall–Kier alpha value is -5.10. The lowest BCUT2D eigenvalue weighted by Gasteiger charge is -2.14. The Kier molecular flexibility index (Phi) is 11.3. The smallest absolute Gasteiger partial charge is 0.272 e. The van der Waals surface area contributed by atoms with Gasteiger partial charge in [-0.1, -0.05) is 54.1 Å². The van der Waals surface area contributed by atoms with E-state index in [2.05, 4.69) is 20.9 Å². The molecule has 12 heteroatoms. The molecule has 0 aliphatic rings. The van der Waals surface area contributed by atoms with Crippen molar-refractivity contribution in [3.63, 3.8) is 0 Å². The zero-order valence-electron chi connectivity index (χ0n) is 25.3. The maximum atomic E-state index is 13.5. The van der Waals surface area contributed by atoms with Crippen LogP contribution in [0.2, 0.25) is 5.02 Å². The molecule has 3 amide bonds. The molecule has 0 radical (unpaired) electrons. The number of para-hydroxylation sites is 1. The van der Waals surface area contributed by atoms with Crippen LogP contribution in [0.4, 0.5) is 10.8 Å². The van der Waals surface area contributed by atoms with Crippen LogP contribution in [-0.4, -0.2) is 42.7 Å². The van der Waals surface area contributed by atoms with Gasteiger partial charge >= 0.3 is 0 Å². The van der Waals surface area contributed by atoms with E-state index in [4.69, 9.17) is 21.1 Å². The van der Waals surface area contributed by atoms with Gasteiger partial charge in [-0.15, -0.1) is 23.1 Å². The van der Waals surface area contributed by atoms with Gasteiger partial charge in [-0.3, -0.25) is 14.4 Å². The average Bonchev–Trinajstić information content (AvgIpc) is 3.56. The van der Waals surface area contributed by atoms with Crippen LogP contribution in [0.15, 0.2) is 113 Å². The lowest BCUT2D eigenvalue weighted by molar-refractivity contribution is -0.114. The third-order valence-corrected chi connectivity index (χ3v) is 8.66. The van der Waals surface area contributed by atoms with Gasteiger partial charge in [-0.25, -0.2) is 4.98 Å². The molecule has 1 heterocycles. The number of methoxy groups -OCH3 is 2. The van der Waals surface area contributed by atoms with Crippen molar-refractivity contribution in [2.24, 2.45) is 0 Å². The van der Waals surface area contributed by atoms with Gasteiger partial charge in [0.25, 0.3) is 11.8 Å². The highest BCUT2D eigenvalue weighted by Gasteiger charge is 2.18. The molecular weight excluding hydrogens is 656 g/mol. The van der Waals surface area contributed by atoms with E-state index in [0.717, 1.165) is 16.2 Å². The molecule has 0 spiro atoms. The van der Waals surface area contributed by atoms with Crippen LogP contribution in [0.25, 0.3) is 17.3 Å². The van der Waals surface area contributed by atoms with Crippen molar-refractivity contribution >= 4 is 69.3 Å². The minimum atomic E-state index is -0.541. The fraction of sp³-hybridized carbons (Fsp3) is 0.0857. The van der Waals surface area contributed by atoms with E-state index < -0.39 is 11.8 Å². The average molecular weight is 685 g/mol. The summed E-state index contributed by atoms with van der Waals surface area (Å²) in [6, 6.07) is 28.2. The summed E-state index contributed by atoms with van der Waals surface area (Å²) in [5, 5.41) is 11.4. The molecule has 0 unspecified atom stereocenters. The molecule has 238 valence electrons. The first kappa shape index (κ1) is 33.3. The van der Waals surface area contributed by atoms with E-state index >= 15 is 0 Å². The highest BCUT2D eigenvalue weighted by molar-refractivity contribution is 8.00. The second-order valence-corrected chi connectivity index (χ2v) is 12.2. The lowest BCUT2D eigenvalue weighted by Crippen LogP contribution is -2.30. The number of nitrogens with zero attached hydrogens (tertiary/aromatic N) is 1. The largest absolute Gasteiger partial charge is 0.493 e. The Morgan fingerprint density at radius 3 is 2.32 bits per heavy atom. The van der Waals surface area contributed by atoms with Gasteiger partial charge in [-0.2, -0.15) is 0 Å². The van der Waals surface area contributed by atoms with Crippen LogP contribution >= 0.6 is 34.7 Å². The minimum absolute atomic E-state index is 0.00179. The highest BCUT2D eigenvalue weighted by Crippen LogP contribution is 2.32. The van der Waals surface area contributed by atoms with Crippen molar-refractivity contribution in [2.45, 2.75) is 4.90 Å². The van der Waals surface area contributed by atoms with Crippen LogP contribution < -0.4 is 25.4 Å². The molecule has 47 heavy (non-hydrogen) atoms. The number of thiazole rings is 1. The van der Waals surface area contributed by atoms with Gasteiger partial charge < -0.3 is 25.4 Å². The first-order valence-electron chi connectivity index (χ1n) is 14.2. The topological polar surface area (TPSA) is 119 Å². The number of aromatic nitrogens is 1. The number of nitrogens with one attached hydrogen (secondary N) is 3. The Morgan fingerprint density at radius 1 is 0.872 bits per heavy atom. The van der Waals surface area contributed by atoms with Crippen molar-refractivity contribution < 1.29 is 23.9 Å². The predicted octanol–water partition coefficient (Wildman–Crippen LogP) is 7.62. The lowest BCUT2D eigenvalue weighted by atomic mass is 10.1. The summed E-state index contributed by atoms with van der Waals surface area (Å²) in [5.74, 6) is -0.120. The van der Waals surface area contributed by atoms with Crippen molar-refractivity contribution in [3.8, 4) is 22.8 Å². The van der Waals surface area contributed by atoms with Crippen molar-refractivity contribution in [3.05, 3.63) is 124 Å². The number of hydrogen-bond donors (Lipinski definition) is 3. The summed E-state index contributed by atoms with van der Waals surface area (Å²) in [5.41, 5.74) is 3.10. The Labute approximate surface area is 285 Å². The zero-order chi connectivity index (χ0) is 33.2. The second-order valence-electron chi connectivity index (χ2n) is 9.82. The van der Waals surface area contributed by atoms with Crippen LogP contribution in [0, 0.1) is 0 Å². The molecule has 3 N–H and O–H groups in total. The fourth-order valence-corrected chi connectivity index (χ4v) is 5.91. The molecule has 4 aromatic carbocycles. The zero-order valence-corrected chi connectivity index (χ0v) is 27.7. The number of carbonyl (C=O) groups is 3. The molecule has 0 atom stereocenters. The van der Waals surface area contributed by atoms with Crippen molar-refractivity contribution in [1.29, 1.82) is 0 Å². The summed E-state index contributed by atoms with van der Waals surface area (Å²) in [6.45, 7) is 0. The fourth-order valence-electron chi connectivity index (χ4n) is 4.35. The summed E-state index contributed by atoms with van der Waals surface area (Å²) >= 11 is 8.65. The molecule has 0 saturated heterocycles. The van der Waals surface area contributed by atoms with Crippen LogP contribution in [0.5, 0.6) is 11.5 Å². The first-order valence-corrected chi connectivity index (χ1v) is 16.4. The number of carbonyl (C=O) groups excluding carboxylic acids is 3. The molecule has 5 aromatic rings. The molecule has 0 fully saturated rings. The normalized spacial score (nSPS) is 11.0. The van der Waals surface area contributed by atoms with Gasteiger partial charge in [-0.05, 0) is 60.7 Å². The molecule has 5 rings (SSSR count). The van der Waals surface area contributed by atoms with Gasteiger partial charge in [0.05, 0.1) is 25.7 Å². The minimum Gasteiger partial charge on any atom is -0.493 e. The second kappa shape index (κ2) is 15.9. The van der Waals surface area contributed by atoms with Gasteiger partial charge in [0.2, 0.25) is 5.91 Å². The van der Waals surface area contributed by atoms with Gasteiger partial charge in [0, 0.05) is 37.7 Å². The summed E-state index contributed by atoms with van der Waals surface area (Å²) in [7, 11) is 3.02. The molecule has 1 aromatic heterocycles. The third kappa shape index (κ3) is 9.01. The maximum absolute atomic E-state index is 13.5. The number of anilines is 2. The van der Waals surface area contributed by atoms with E-state index in [1.807, 2.05) is 17.5 Å². The van der Waals surface area contributed by atoms with Crippen LogP contribution in [0.3, 0.4) is 0 Å². The molecule has 0 aliphatic heterocycles. The number of thioether (sulfide) groups is 1. The summed E-state index contributed by atoms with van der Waals surface area (Å²) < 4.78 is 10.9. The molecule has 0 aliphatic carbocycles. The van der Waals surface area contributed by atoms with E-state index in [1.165, 1.54) is 43.4 Å². The molecule has 0 saturated carbocycles. The summed E-state index contributed by atoms with van der Waals surface area (Å²) in [4.78, 5) is 44.4. The van der Waals surface area contributed by atoms with Crippen LogP contribution in [-0.2, 0) is 9.59 Å². The van der Waals surface area contributed by atoms with Gasteiger partial charge in [0.1, 0.15) is 5.70 Å². The molecule has 9 nitrogen and oxygen atoms in total. The molecular formula is C35H29ClN4O5S2. The highest BCUT2D eigenvalue weighted by atomic mass is 35.5. The Morgan fingerprint density at radius 2 is 1.62 bits per heavy atom. The number of ether oxygens (including phenoxy) is 2.